The SMILES string of the molecule is CCNC(=NCCc1ccc(OCC(C)C)cc1)NCCNC(=O)C1CC1. The van der Waals surface area contributed by atoms with Gasteiger partial charge in [0.25, 0.3) is 0 Å². The molecule has 0 atom stereocenters. The van der Waals surface area contributed by atoms with Crippen LogP contribution >= 0.6 is 0 Å². The van der Waals surface area contributed by atoms with Crippen LogP contribution in [0.2, 0.25) is 0 Å². The van der Waals surface area contributed by atoms with E-state index in [1.807, 2.05) is 19.1 Å². The number of nitrogens with one attached hydrogen (secondary N) is 3. The van der Waals surface area contributed by atoms with Crippen LogP contribution in [-0.2, 0) is 11.2 Å². The molecule has 1 aliphatic carbocycles. The Morgan fingerprint density at radius 1 is 1.15 bits per heavy atom. The lowest BCUT2D eigenvalue weighted by Gasteiger charge is -2.12. The minimum atomic E-state index is 0.180. The van der Waals surface area contributed by atoms with Crippen molar-refractivity contribution in [2.45, 2.75) is 40.0 Å². The Labute approximate surface area is 163 Å². The molecule has 0 saturated heterocycles. The lowest BCUT2D eigenvalue weighted by molar-refractivity contribution is -0.122. The summed E-state index contributed by atoms with van der Waals surface area (Å²) in [5.74, 6) is 2.67. The summed E-state index contributed by atoms with van der Waals surface area (Å²) >= 11 is 0. The molecule has 0 aliphatic heterocycles. The molecule has 0 heterocycles. The van der Waals surface area contributed by atoms with Crippen LogP contribution in [0, 0.1) is 11.8 Å². The van der Waals surface area contributed by atoms with Crippen LogP contribution < -0.4 is 20.7 Å². The van der Waals surface area contributed by atoms with Crippen LogP contribution in [0.4, 0.5) is 0 Å². The molecule has 0 aromatic heterocycles. The zero-order chi connectivity index (χ0) is 19.5. The summed E-state index contributed by atoms with van der Waals surface area (Å²) in [6.07, 6.45) is 2.95. The van der Waals surface area contributed by atoms with Gasteiger partial charge >= 0.3 is 0 Å². The zero-order valence-electron chi connectivity index (χ0n) is 16.9. The van der Waals surface area contributed by atoms with Gasteiger partial charge in [0.2, 0.25) is 5.91 Å². The molecule has 2 rings (SSSR count). The van der Waals surface area contributed by atoms with Crippen LogP contribution in [0.3, 0.4) is 0 Å². The number of rotatable bonds is 11. The quantitative estimate of drug-likeness (QED) is 0.316. The van der Waals surface area contributed by atoms with E-state index < -0.39 is 0 Å². The predicted molar refractivity (Wildman–Crippen MR) is 110 cm³/mol. The monoisotopic (exact) mass is 374 g/mol. The summed E-state index contributed by atoms with van der Waals surface area (Å²) in [4.78, 5) is 16.2. The normalized spacial score (nSPS) is 14.1. The van der Waals surface area contributed by atoms with Crippen molar-refractivity contribution in [2.24, 2.45) is 16.8 Å². The van der Waals surface area contributed by atoms with Crippen molar-refractivity contribution >= 4 is 11.9 Å². The number of ether oxygens (including phenoxy) is 1. The number of hydrogen-bond donors (Lipinski definition) is 3. The Hall–Kier alpha value is -2.24. The van der Waals surface area contributed by atoms with Gasteiger partial charge in [-0.2, -0.15) is 0 Å². The summed E-state index contributed by atoms with van der Waals surface area (Å²) in [7, 11) is 0. The van der Waals surface area contributed by atoms with Gasteiger partial charge in [-0.1, -0.05) is 26.0 Å². The first-order valence-corrected chi connectivity index (χ1v) is 10.1. The van der Waals surface area contributed by atoms with E-state index in [2.05, 4.69) is 46.9 Å². The molecule has 1 amide bonds. The van der Waals surface area contributed by atoms with Crippen molar-refractivity contribution in [3.63, 3.8) is 0 Å². The van der Waals surface area contributed by atoms with Gasteiger partial charge in [-0.3, -0.25) is 9.79 Å². The molecule has 1 aliphatic rings. The third kappa shape index (κ3) is 8.80. The fourth-order valence-electron chi connectivity index (χ4n) is 2.51. The van der Waals surface area contributed by atoms with Gasteiger partial charge in [0.15, 0.2) is 5.96 Å². The van der Waals surface area contributed by atoms with Gasteiger partial charge in [0.1, 0.15) is 5.75 Å². The minimum absolute atomic E-state index is 0.180. The fourth-order valence-corrected chi connectivity index (χ4v) is 2.51. The Kier molecular flexibility index (Phi) is 8.95. The van der Waals surface area contributed by atoms with Gasteiger partial charge in [0.05, 0.1) is 6.61 Å². The van der Waals surface area contributed by atoms with Crippen molar-refractivity contribution < 1.29 is 9.53 Å². The first-order valence-electron chi connectivity index (χ1n) is 10.1. The first kappa shape index (κ1) is 21.1. The summed E-state index contributed by atoms with van der Waals surface area (Å²) < 4.78 is 5.71. The third-order valence-corrected chi connectivity index (χ3v) is 4.19. The molecule has 6 nitrogen and oxygen atoms in total. The van der Waals surface area contributed by atoms with Crippen molar-refractivity contribution in [2.75, 3.05) is 32.8 Å². The highest BCUT2D eigenvalue weighted by atomic mass is 16.5. The second kappa shape index (κ2) is 11.5. The van der Waals surface area contributed by atoms with Gasteiger partial charge in [-0.15, -0.1) is 0 Å². The Bertz CT molecular complexity index is 595. The smallest absolute Gasteiger partial charge is 0.223 e. The maximum atomic E-state index is 11.6. The highest BCUT2D eigenvalue weighted by Gasteiger charge is 2.28. The van der Waals surface area contributed by atoms with Gasteiger partial charge in [0, 0.05) is 32.1 Å². The number of benzene rings is 1. The molecule has 0 unspecified atom stereocenters. The Morgan fingerprint density at radius 3 is 2.48 bits per heavy atom. The second-order valence-electron chi connectivity index (χ2n) is 7.35. The molecule has 150 valence electrons. The first-order chi connectivity index (χ1) is 13.1. The van der Waals surface area contributed by atoms with E-state index in [1.54, 1.807) is 0 Å². The fraction of sp³-hybridized carbons (Fsp3) is 0.619. The van der Waals surface area contributed by atoms with Gasteiger partial charge < -0.3 is 20.7 Å². The van der Waals surface area contributed by atoms with E-state index >= 15 is 0 Å². The lowest BCUT2D eigenvalue weighted by Crippen LogP contribution is -2.41. The molecule has 1 fully saturated rings. The Balaban J connectivity index is 1.69. The molecular weight excluding hydrogens is 340 g/mol. The number of carbonyl (C=O) groups is 1. The van der Waals surface area contributed by atoms with Crippen LogP contribution in [0.5, 0.6) is 5.75 Å². The number of aliphatic imine (C=N–C) groups is 1. The van der Waals surface area contributed by atoms with E-state index in [0.717, 1.165) is 44.1 Å². The number of nitrogens with zero attached hydrogens (tertiary/aromatic N) is 1. The summed E-state index contributed by atoms with van der Waals surface area (Å²) in [5, 5.41) is 9.45. The number of guanidine groups is 1. The van der Waals surface area contributed by atoms with Crippen molar-refractivity contribution in [1.82, 2.24) is 16.0 Å². The molecule has 3 N–H and O–H groups in total. The molecule has 1 saturated carbocycles. The summed E-state index contributed by atoms with van der Waals surface area (Å²) in [6.45, 7) is 9.87. The predicted octanol–water partition coefficient (Wildman–Crippen LogP) is 2.35. The molecule has 1 aromatic rings. The van der Waals surface area contributed by atoms with Gasteiger partial charge in [-0.05, 0) is 49.8 Å². The summed E-state index contributed by atoms with van der Waals surface area (Å²) in [6, 6.07) is 8.23. The van der Waals surface area contributed by atoms with Crippen LogP contribution in [0.15, 0.2) is 29.3 Å². The summed E-state index contributed by atoms with van der Waals surface area (Å²) in [5.41, 5.74) is 1.24. The number of carbonyl (C=O) groups excluding carboxylic acids is 1. The van der Waals surface area contributed by atoms with Crippen molar-refractivity contribution in [3.8, 4) is 5.75 Å². The number of hydrogen-bond acceptors (Lipinski definition) is 3. The molecule has 0 bridgehead atoms. The van der Waals surface area contributed by atoms with Crippen LogP contribution in [-0.4, -0.2) is 44.7 Å². The molecule has 0 radical (unpaired) electrons. The van der Waals surface area contributed by atoms with Gasteiger partial charge in [-0.25, -0.2) is 0 Å². The topological polar surface area (TPSA) is 74.8 Å². The molecule has 0 spiro atoms. The third-order valence-electron chi connectivity index (χ3n) is 4.19. The lowest BCUT2D eigenvalue weighted by atomic mass is 10.1. The Morgan fingerprint density at radius 2 is 1.85 bits per heavy atom. The minimum Gasteiger partial charge on any atom is -0.493 e. The van der Waals surface area contributed by atoms with E-state index in [9.17, 15) is 4.79 Å². The van der Waals surface area contributed by atoms with Crippen LogP contribution in [0.25, 0.3) is 0 Å². The van der Waals surface area contributed by atoms with E-state index in [0.29, 0.717) is 25.6 Å². The van der Waals surface area contributed by atoms with E-state index in [1.165, 1.54) is 5.56 Å². The van der Waals surface area contributed by atoms with Crippen molar-refractivity contribution in [3.05, 3.63) is 29.8 Å². The molecule has 1 aromatic carbocycles. The highest BCUT2D eigenvalue weighted by Crippen LogP contribution is 2.28. The standard InChI is InChI=1S/C21H34N4O2/c1-4-22-21(25-14-13-23-20(26)18-7-8-18)24-12-11-17-5-9-19(10-6-17)27-15-16(2)3/h5-6,9-10,16,18H,4,7-8,11-15H2,1-3H3,(H,23,26)(H2,22,24,25). The van der Waals surface area contributed by atoms with E-state index in [4.69, 9.17) is 4.74 Å². The maximum absolute atomic E-state index is 11.6. The molecule has 27 heavy (non-hydrogen) atoms. The number of amides is 1. The van der Waals surface area contributed by atoms with Crippen LogP contribution in [0.1, 0.15) is 39.2 Å². The largest absolute Gasteiger partial charge is 0.493 e. The second-order valence-corrected chi connectivity index (χ2v) is 7.35. The average molecular weight is 375 g/mol. The van der Waals surface area contributed by atoms with Crippen molar-refractivity contribution in [1.29, 1.82) is 0 Å². The maximum Gasteiger partial charge on any atom is 0.223 e. The highest BCUT2D eigenvalue weighted by molar-refractivity contribution is 5.81. The molecule has 6 heteroatoms. The molecular formula is C21H34N4O2. The van der Waals surface area contributed by atoms with E-state index in [-0.39, 0.29) is 11.8 Å². The average Bonchev–Trinajstić information content (AvgIpc) is 3.49. The zero-order valence-corrected chi connectivity index (χ0v) is 16.9.